The molecule has 3 N–H and O–H groups in total. The molecule has 0 aliphatic rings. The van der Waals surface area contributed by atoms with E-state index < -0.39 is 6.03 Å². The van der Waals surface area contributed by atoms with Crippen molar-refractivity contribution in [2.45, 2.75) is 13.3 Å². The van der Waals surface area contributed by atoms with Crippen molar-refractivity contribution in [3.05, 3.63) is 30.5 Å². The van der Waals surface area contributed by atoms with Gasteiger partial charge in [0.25, 0.3) is 0 Å². The van der Waals surface area contributed by atoms with E-state index in [-0.39, 0.29) is 17.4 Å². The smallest absolute Gasteiger partial charge is 0.320 e. The average Bonchev–Trinajstić information content (AvgIpc) is 3.04. The van der Waals surface area contributed by atoms with Crippen LogP contribution in [0.2, 0.25) is 0 Å². The number of rotatable bonds is 5. The number of aromatic hydroxyl groups is 1. The van der Waals surface area contributed by atoms with Gasteiger partial charge in [0, 0.05) is 12.7 Å². The quantitative estimate of drug-likeness (QED) is 0.600. The summed E-state index contributed by atoms with van der Waals surface area (Å²) < 4.78 is 4.18. The van der Waals surface area contributed by atoms with Crippen molar-refractivity contribution >= 4 is 45.2 Å². The highest BCUT2D eigenvalue weighted by Gasteiger charge is 2.09. The minimum Gasteiger partial charge on any atom is -0.504 e. The van der Waals surface area contributed by atoms with Gasteiger partial charge in [-0.1, -0.05) is 6.92 Å². The molecular weight excluding hydrogens is 342 g/mol. The van der Waals surface area contributed by atoms with Crippen molar-refractivity contribution in [3.8, 4) is 5.75 Å². The van der Waals surface area contributed by atoms with Crippen LogP contribution in [0.5, 0.6) is 5.75 Å². The number of carbonyl (C=O) groups is 1. The summed E-state index contributed by atoms with van der Waals surface area (Å²) in [5.41, 5.74) is 0.607. The highest BCUT2D eigenvalue weighted by Crippen LogP contribution is 2.31. The van der Waals surface area contributed by atoms with Crippen LogP contribution >= 0.6 is 11.5 Å². The van der Waals surface area contributed by atoms with Gasteiger partial charge >= 0.3 is 6.03 Å². The van der Waals surface area contributed by atoms with Crippen LogP contribution in [-0.2, 0) is 0 Å². The third-order valence-electron chi connectivity index (χ3n) is 3.11. The molecule has 0 spiro atoms. The SMILES string of the molecule is CCCNC(=O)Nc1nc(/N=N/c2snc3ncccc23)ccc1O. The van der Waals surface area contributed by atoms with E-state index >= 15 is 0 Å². The molecule has 0 bridgehead atoms. The lowest BCUT2D eigenvalue weighted by Gasteiger charge is -2.07. The summed E-state index contributed by atoms with van der Waals surface area (Å²) in [5, 5.41) is 24.5. The first-order valence-corrected chi connectivity index (χ1v) is 8.31. The highest BCUT2D eigenvalue weighted by molar-refractivity contribution is 7.11. The summed E-state index contributed by atoms with van der Waals surface area (Å²) in [4.78, 5) is 19.9. The number of amides is 2. The molecule has 0 saturated heterocycles. The van der Waals surface area contributed by atoms with E-state index in [9.17, 15) is 9.90 Å². The van der Waals surface area contributed by atoms with E-state index in [0.717, 1.165) is 11.8 Å². The molecule has 0 aliphatic carbocycles. The lowest BCUT2D eigenvalue weighted by Crippen LogP contribution is -2.29. The number of pyridine rings is 2. The van der Waals surface area contributed by atoms with Gasteiger partial charge in [-0.05, 0) is 42.2 Å². The van der Waals surface area contributed by atoms with Gasteiger partial charge in [-0.2, -0.15) is 4.37 Å². The lowest BCUT2D eigenvalue weighted by atomic mass is 10.3. The Hall–Kier alpha value is -3.14. The van der Waals surface area contributed by atoms with Crippen molar-refractivity contribution in [1.82, 2.24) is 19.7 Å². The van der Waals surface area contributed by atoms with Crippen LogP contribution < -0.4 is 10.6 Å². The second-order valence-electron chi connectivity index (χ2n) is 4.98. The van der Waals surface area contributed by atoms with Gasteiger partial charge in [0.2, 0.25) is 0 Å². The standard InChI is InChI=1S/C15H15N7O2S/c1-2-7-17-15(24)19-13-10(23)5-6-11(18-13)20-21-14-9-4-3-8-16-12(9)22-25-14/h3-6,8,23H,2,7H2,1H3,(H2,17,18,19,24)/b21-20+. The Labute approximate surface area is 147 Å². The number of nitrogens with zero attached hydrogens (tertiary/aromatic N) is 5. The van der Waals surface area contributed by atoms with Gasteiger partial charge in [0.15, 0.2) is 28.0 Å². The van der Waals surface area contributed by atoms with Crippen LogP contribution in [0.1, 0.15) is 13.3 Å². The van der Waals surface area contributed by atoms with Crippen molar-refractivity contribution in [1.29, 1.82) is 0 Å². The molecule has 3 aromatic heterocycles. The number of hydrogen-bond acceptors (Lipinski definition) is 8. The molecule has 25 heavy (non-hydrogen) atoms. The lowest BCUT2D eigenvalue weighted by molar-refractivity contribution is 0.252. The fraction of sp³-hybridized carbons (Fsp3) is 0.200. The maximum Gasteiger partial charge on any atom is 0.320 e. The molecule has 2 amide bonds. The average molecular weight is 357 g/mol. The molecule has 9 nitrogen and oxygen atoms in total. The van der Waals surface area contributed by atoms with Crippen LogP contribution in [-0.4, -0.2) is 32.0 Å². The van der Waals surface area contributed by atoms with E-state index in [4.69, 9.17) is 0 Å². The van der Waals surface area contributed by atoms with Gasteiger partial charge in [-0.25, -0.2) is 14.8 Å². The Bertz CT molecular complexity index is 925. The zero-order valence-corrected chi connectivity index (χ0v) is 14.1. The molecule has 0 radical (unpaired) electrons. The first kappa shape index (κ1) is 16.7. The van der Waals surface area contributed by atoms with Crippen molar-refractivity contribution < 1.29 is 9.90 Å². The third kappa shape index (κ3) is 4.04. The Morgan fingerprint density at radius 3 is 3.04 bits per heavy atom. The second kappa shape index (κ2) is 7.62. The Morgan fingerprint density at radius 1 is 1.32 bits per heavy atom. The predicted octanol–water partition coefficient (Wildman–Crippen LogP) is 3.74. The topological polar surface area (TPSA) is 125 Å². The van der Waals surface area contributed by atoms with E-state index in [1.54, 1.807) is 12.3 Å². The summed E-state index contributed by atoms with van der Waals surface area (Å²) in [6.45, 7) is 2.47. The first-order chi connectivity index (χ1) is 12.2. The molecule has 0 atom stereocenters. The number of carbonyl (C=O) groups excluding carboxylic acids is 1. The Balaban J connectivity index is 1.78. The summed E-state index contributed by atoms with van der Waals surface area (Å²) in [7, 11) is 0. The molecule has 0 aliphatic heterocycles. The highest BCUT2D eigenvalue weighted by atomic mass is 32.1. The van der Waals surface area contributed by atoms with Gasteiger partial charge in [-0.3, -0.25) is 5.32 Å². The molecule has 0 aromatic carbocycles. The fourth-order valence-corrected chi connectivity index (χ4v) is 2.57. The number of fused-ring (bicyclic) bond motifs is 1. The minimum absolute atomic E-state index is 0.0147. The first-order valence-electron chi connectivity index (χ1n) is 7.54. The molecule has 0 saturated carbocycles. The Kier molecular flexibility index (Phi) is 5.09. The van der Waals surface area contributed by atoms with Gasteiger partial charge < -0.3 is 10.4 Å². The van der Waals surface area contributed by atoms with Crippen LogP contribution in [0.15, 0.2) is 40.7 Å². The molecule has 0 unspecified atom stereocenters. The maximum atomic E-state index is 11.7. The number of hydrogen-bond donors (Lipinski definition) is 3. The van der Waals surface area contributed by atoms with E-state index in [1.165, 1.54) is 23.7 Å². The summed E-state index contributed by atoms with van der Waals surface area (Å²) in [5.74, 6) is 0.105. The molecule has 128 valence electrons. The summed E-state index contributed by atoms with van der Waals surface area (Å²) in [6.07, 6.45) is 2.46. The molecule has 3 aromatic rings. The Morgan fingerprint density at radius 2 is 2.20 bits per heavy atom. The summed E-state index contributed by atoms with van der Waals surface area (Å²) in [6, 6.07) is 6.10. The van der Waals surface area contributed by atoms with Crippen molar-refractivity contribution in [3.63, 3.8) is 0 Å². The van der Waals surface area contributed by atoms with Gasteiger partial charge in [0.1, 0.15) is 0 Å². The number of aromatic nitrogens is 3. The third-order valence-corrected chi connectivity index (χ3v) is 3.84. The van der Waals surface area contributed by atoms with Crippen LogP contribution in [0.25, 0.3) is 11.0 Å². The fourth-order valence-electron chi connectivity index (χ4n) is 1.92. The monoisotopic (exact) mass is 357 g/mol. The van der Waals surface area contributed by atoms with Crippen molar-refractivity contribution in [2.24, 2.45) is 10.2 Å². The van der Waals surface area contributed by atoms with Crippen molar-refractivity contribution in [2.75, 3.05) is 11.9 Å². The van der Waals surface area contributed by atoms with Gasteiger partial charge in [-0.15, -0.1) is 10.2 Å². The maximum absolute atomic E-state index is 11.7. The number of urea groups is 1. The van der Waals surface area contributed by atoms with E-state index in [2.05, 4.69) is 35.2 Å². The molecule has 3 rings (SSSR count). The second-order valence-corrected chi connectivity index (χ2v) is 5.73. The van der Waals surface area contributed by atoms with E-state index in [0.29, 0.717) is 17.2 Å². The van der Waals surface area contributed by atoms with E-state index in [1.807, 2.05) is 13.0 Å². The zero-order valence-electron chi connectivity index (χ0n) is 13.3. The summed E-state index contributed by atoms with van der Waals surface area (Å²) >= 11 is 1.18. The van der Waals surface area contributed by atoms with Crippen LogP contribution in [0.4, 0.5) is 21.4 Å². The molecule has 10 heteroatoms. The molecule has 3 heterocycles. The van der Waals surface area contributed by atoms with Crippen LogP contribution in [0, 0.1) is 0 Å². The van der Waals surface area contributed by atoms with Crippen LogP contribution in [0.3, 0.4) is 0 Å². The number of nitrogens with one attached hydrogen (secondary N) is 2. The number of anilines is 1. The normalized spacial score (nSPS) is 11.1. The predicted molar refractivity (Wildman–Crippen MR) is 94.8 cm³/mol. The molecular formula is C15H15N7O2S. The molecule has 0 fully saturated rings. The van der Waals surface area contributed by atoms with Gasteiger partial charge in [0.05, 0.1) is 5.39 Å². The number of azo groups is 1. The minimum atomic E-state index is -0.446. The largest absolute Gasteiger partial charge is 0.504 e. The zero-order chi connectivity index (χ0) is 17.6.